The van der Waals surface area contributed by atoms with Gasteiger partial charge in [0.05, 0.1) is 4.90 Å². The van der Waals surface area contributed by atoms with Gasteiger partial charge < -0.3 is 98.2 Å². The van der Waals surface area contributed by atoms with Gasteiger partial charge >= 0.3 is 0 Å². The van der Waals surface area contributed by atoms with Crippen LogP contribution in [0, 0.1) is 29.6 Å². The molecule has 0 bridgehead atoms. The van der Waals surface area contributed by atoms with Crippen molar-refractivity contribution in [3.63, 3.8) is 0 Å². The minimum Gasteiger partial charge on any atom is -0.377 e. The van der Waals surface area contributed by atoms with Gasteiger partial charge in [-0.2, -0.15) is 4.72 Å². The number of nitrogens with two attached hydrogens (primary N) is 7. The zero-order valence-corrected chi connectivity index (χ0v) is 69.2. The highest BCUT2D eigenvalue weighted by atomic mass is 32.2. The van der Waals surface area contributed by atoms with Gasteiger partial charge in [-0.15, -0.1) is 0 Å². The molecule has 33 heteroatoms. The number of carbonyl (C=O) groups excluding carboxylic acids is 11. The number of rotatable bonds is 59. The van der Waals surface area contributed by atoms with E-state index in [9.17, 15) is 61.2 Å². The molecule has 0 saturated carbocycles. The van der Waals surface area contributed by atoms with Gasteiger partial charge in [-0.1, -0.05) is 99.9 Å². The van der Waals surface area contributed by atoms with E-state index in [1.807, 2.05) is 100 Å². The normalized spacial score (nSPS) is 14.7. The van der Waals surface area contributed by atoms with Crippen LogP contribution < -0.4 is 103 Å². The van der Waals surface area contributed by atoms with Gasteiger partial charge in [0.2, 0.25) is 75.0 Å². The summed E-state index contributed by atoms with van der Waals surface area (Å²) in [6, 6.07) is -3.45. The molecule has 0 aliphatic rings. The lowest BCUT2D eigenvalue weighted by atomic mass is 9.99. The summed E-state index contributed by atoms with van der Waals surface area (Å²) < 4.78 is 31.4. The van der Waals surface area contributed by atoms with Crippen molar-refractivity contribution >= 4 is 91.5 Å². The van der Waals surface area contributed by atoms with Crippen LogP contribution in [-0.2, 0) is 62.8 Å². The SMILES string of the molecule is CC(C)C[C@H](NC(=O)[C@H](CCCCN)NC(=O)[C@H](CC(C)C)NC(=O)[C@H](CCCCN)NC(=O)[C@H](CC(C)C)NC(=O)[C@H](CCCCN)NC(=O)[C@H](CC(C)C)NC(=O)[C@H](CCCCN)NC(=O)[C@H](CC(C)C)NC(=O)[C@H](CCCCN)NS(=O)(=O)c1cccc2c(N(C)C)cccc12)C(=O)N[C@@H](CCCCN)C(N)=O. The number of hydrogen-bond donors (Lipinski definition) is 18. The summed E-state index contributed by atoms with van der Waals surface area (Å²) in [4.78, 5) is 160. The van der Waals surface area contributed by atoms with Crippen LogP contribution in [0.25, 0.3) is 10.8 Å². The monoisotopic (exact) mass is 1580 g/mol. The Kier molecular flexibility index (Phi) is 47.8. The fourth-order valence-electron chi connectivity index (χ4n) is 12.9. The number of unbranched alkanes of at least 4 members (excludes halogenated alkanes) is 6. The van der Waals surface area contributed by atoms with Crippen molar-refractivity contribution in [3.8, 4) is 0 Å². The molecule has 0 aliphatic heterocycles. The quantitative estimate of drug-likeness (QED) is 0.0420. The largest absolute Gasteiger partial charge is 0.377 e. The van der Waals surface area contributed by atoms with Crippen LogP contribution in [0.3, 0.4) is 0 Å². The summed E-state index contributed by atoms with van der Waals surface area (Å²) in [5.41, 5.74) is 41.5. The molecule has 0 radical (unpaired) electrons. The van der Waals surface area contributed by atoms with Crippen molar-refractivity contribution in [3.05, 3.63) is 36.4 Å². The summed E-state index contributed by atoms with van der Waals surface area (Å²) in [6.45, 7) is 20.1. The number of nitrogens with zero attached hydrogens (tertiary/aromatic N) is 1. The van der Waals surface area contributed by atoms with E-state index in [1.165, 1.54) is 6.07 Å². The number of sulfonamides is 1. The van der Waals surface area contributed by atoms with E-state index in [1.54, 1.807) is 18.2 Å². The Bertz CT molecular complexity index is 3330. The highest BCUT2D eigenvalue weighted by Gasteiger charge is 2.38. The molecule has 0 fully saturated rings. The average molecular weight is 1590 g/mol. The summed E-state index contributed by atoms with van der Waals surface area (Å²) in [7, 11) is -0.686. The number of hydrogen-bond acceptors (Lipinski definition) is 20. The minimum absolute atomic E-state index is 0.0399. The fraction of sp³-hybridized carbons (Fsp3) is 0.731. The van der Waals surface area contributed by atoms with Crippen LogP contribution in [0.4, 0.5) is 5.69 Å². The molecule has 2 aromatic carbocycles. The number of primary amides is 1. The lowest BCUT2D eigenvalue weighted by Crippen LogP contribution is -2.61. The van der Waals surface area contributed by atoms with Crippen molar-refractivity contribution < 1.29 is 61.2 Å². The Labute approximate surface area is 660 Å². The molecule has 0 saturated heterocycles. The lowest BCUT2D eigenvalue weighted by molar-refractivity contribution is -0.136. The summed E-state index contributed by atoms with van der Waals surface area (Å²) in [6.07, 6.45) is 6.31. The molecule has 0 heterocycles. The molecule has 0 aliphatic carbocycles. The topological polar surface area (TPSA) is 540 Å². The van der Waals surface area contributed by atoms with Crippen LogP contribution in [0.15, 0.2) is 41.3 Å². The molecule has 632 valence electrons. The highest BCUT2D eigenvalue weighted by molar-refractivity contribution is 7.89. The molecule has 32 nitrogen and oxygen atoms in total. The van der Waals surface area contributed by atoms with E-state index in [0.717, 1.165) is 5.69 Å². The number of benzene rings is 2. The van der Waals surface area contributed by atoms with Crippen LogP contribution in [-0.4, -0.2) is 193 Å². The highest BCUT2D eigenvalue weighted by Crippen LogP contribution is 2.31. The third-order valence-corrected chi connectivity index (χ3v) is 20.3. The first-order chi connectivity index (χ1) is 52.5. The third kappa shape index (κ3) is 37.7. The van der Waals surface area contributed by atoms with Gasteiger partial charge in [0.25, 0.3) is 0 Å². The van der Waals surface area contributed by atoms with E-state index >= 15 is 0 Å². The maximum atomic E-state index is 14.8. The Morgan fingerprint density at radius 2 is 0.523 bits per heavy atom. The lowest BCUT2D eigenvalue weighted by Gasteiger charge is -2.29. The Balaban J connectivity index is 2.56. The van der Waals surface area contributed by atoms with Crippen molar-refractivity contribution in [2.45, 2.75) is 288 Å². The zero-order chi connectivity index (χ0) is 83.5. The van der Waals surface area contributed by atoms with E-state index in [4.69, 9.17) is 40.1 Å². The number of amides is 11. The second kappa shape index (κ2) is 53.4. The average Bonchev–Trinajstić information content (AvgIpc) is 0.771. The van der Waals surface area contributed by atoms with Gasteiger partial charge in [0.1, 0.15) is 66.5 Å². The molecule has 2 rings (SSSR count). The van der Waals surface area contributed by atoms with Crippen LogP contribution in [0.5, 0.6) is 0 Å². The molecule has 2 aromatic rings. The standard InChI is InChI=1S/C78H141N19O13S/c1-48(2)43-61(74(104)86-55(68(85)98)29-13-19-37-79)91-69(99)56(30-14-20-38-80)87-75(105)62(44-49(3)4)92-70(100)57(31-15-21-39-81)88-76(106)63(45-50(5)6)93-71(101)58(32-16-22-40-82)89-77(107)64(46-51(7)8)94-72(102)59(33-17-23-41-83)90-78(108)65(47-52(9)10)95-73(103)60(34-18-24-42-84)96-111(109,110)67-36-26-27-53-54(67)28-25-35-66(53)97(11)12/h25-28,35-36,48-52,55-65,96H,13-24,29-34,37-47,79-84H2,1-12H3,(H2,85,98)(H,86,104)(H,87,105)(H,88,106)(H,89,107)(H,90,108)(H,91,99)(H,92,100)(H,93,101)(H,94,102)(H,95,103)/t55-,56-,57-,58-,59-,60-,61-,62-,63-,64-,65-/m0/s1. The maximum Gasteiger partial charge on any atom is 0.243 e. The smallest absolute Gasteiger partial charge is 0.243 e. The summed E-state index contributed by atoms with van der Waals surface area (Å²) >= 11 is 0. The number of anilines is 1. The van der Waals surface area contributed by atoms with Gasteiger partial charge in [0.15, 0.2) is 0 Å². The van der Waals surface area contributed by atoms with Gasteiger partial charge in [-0.3, -0.25) is 52.7 Å². The predicted octanol–water partition coefficient (Wildman–Crippen LogP) is 1.89. The van der Waals surface area contributed by atoms with E-state index in [-0.39, 0.29) is 131 Å². The van der Waals surface area contributed by atoms with Crippen molar-refractivity contribution in [2.75, 3.05) is 58.3 Å². The van der Waals surface area contributed by atoms with Crippen LogP contribution >= 0.6 is 0 Å². The second-order valence-electron chi connectivity index (χ2n) is 31.6. The van der Waals surface area contributed by atoms with E-state index < -0.39 is 141 Å². The number of carbonyl (C=O) groups is 11. The first kappa shape index (κ1) is 99.4. The van der Waals surface area contributed by atoms with E-state index in [2.05, 4.69) is 57.9 Å². The minimum atomic E-state index is -4.38. The predicted molar refractivity (Wildman–Crippen MR) is 436 cm³/mol. The summed E-state index contributed by atoms with van der Waals surface area (Å²) in [5, 5.41) is 29.2. The molecular weight excluding hydrogens is 1440 g/mol. The second-order valence-corrected chi connectivity index (χ2v) is 33.2. The van der Waals surface area contributed by atoms with Crippen LogP contribution in [0.1, 0.15) is 217 Å². The van der Waals surface area contributed by atoms with Crippen molar-refractivity contribution in [1.82, 2.24) is 57.9 Å². The molecule has 25 N–H and O–H groups in total. The van der Waals surface area contributed by atoms with Gasteiger partial charge in [-0.25, -0.2) is 8.42 Å². The molecule has 0 spiro atoms. The molecule has 11 amide bonds. The first-order valence-electron chi connectivity index (χ1n) is 40.2. The number of nitrogens with one attached hydrogen (secondary N) is 11. The van der Waals surface area contributed by atoms with Crippen molar-refractivity contribution in [1.29, 1.82) is 0 Å². The molecule has 0 aromatic heterocycles. The maximum absolute atomic E-state index is 14.8. The Morgan fingerprint density at radius 1 is 0.306 bits per heavy atom. The first-order valence-corrected chi connectivity index (χ1v) is 41.7. The molecule has 111 heavy (non-hydrogen) atoms. The van der Waals surface area contributed by atoms with E-state index in [0.29, 0.717) is 101 Å². The van der Waals surface area contributed by atoms with Gasteiger partial charge in [-0.05, 0) is 222 Å². The molecular formula is C78H141N19O13S. The van der Waals surface area contributed by atoms with Gasteiger partial charge in [0, 0.05) is 30.6 Å². The summed E-state index contributed by atoms with van der Waals surface area (Å²) in [5.74, 6) is -8.98. The van der Waals surface area contributed by atoms with Crippen molar-refractivity contribution in [2.24, 2.45) is 69.7 Å². The third-order valence-electron chi connectivity index (χ3n) is 18.8. The fourth-order valence-corrected chi connectivity index (χ4v) is 14.4. The zero-order valence-electron chi connectivity index (χ0n) is 68.4. The van der Waals surface area contributed by atoms with Crippen LogP contribution in [0.2, 0.25) is 0 Å². The molecule has 0 unspecified atom stereocenters. The molecule has 11 atom stereocenters. The number of fused-ring (bicyclic) bond motifs is 1. The Morgan fingerprint density at radius 3 is 0.775 bits per heavy atom. The Hall–Kier alpha value is -7.66.